The summed E-state index contributed by atoms with van der Waals surface area (Å²) < 4.78 is 11.3. The van der Waals surface area contributed by atoms with E-state index in [9.17, 15) is 19.5 Å². The Bertz CT molecular complexity index is 2180. The van der Waals surface area contributed by atoms with Gasteiger partial charge in [-0.05, 0) is 78.9 Å². The van der Waals surface area contributed by atoms with Gasteiger partial charge in [-0.25, -0.2) is 0 Å². The molecule has 2 N–H and O–H groups in total. The average Bonchev–Trinajstić information content (AvgIpc) is 3.53. The number of para-hydroxylation sites is 1. The van der Waals surface area contributed by atoms with Crippen molar-refractivity contribution in [2.75, 3.05) is 24.5 Å². The topological polar surface area (TPSA) is 125 Å². The molecule has 2 heterocycles. The maximum absolute atomic E-state index is 15.4. The first kappa shape index (κ1) is 33.8. The van der Waals surface area contributed by atoms with Gasteiger partial charge in [0.25, 0.3) is 11.8 Å². The SMILES string of the molecule is COc1ccc([C@@]23C(=O)N(Nc4ccc(Cl)cc4Cl)C(=O)[C@@H]2C[C@@H]2C(=CC[C@@H]4C(=O)N(c5ccccc5)C(=O)[C@@H]42)[C@@H]3c2c(O)cccc2OC)cc1. The Morgan fingerprint density at radius 2 is 1.58 bits per heavy atom. The minimum Gasteiger partial charge on any atom is -0.508 e. The van der Waals surface area contributed by atoms with Crippen molar-refractivity contribution in [2.45, 2.75) is 24.2 Å². The monoisotopic (exact) mass is 737 g/mol. The molecule has 4 aliphatic rings. The summed E-state index contributed by atoms with van der Waals surface area (Å²) in [4.78, 5) is 60.0. The number of nitrogens with zero attached hydrogens (tertiary/aromatic N) is 2. The number of hydrazine groups is 1. The highest BCUT2D eigenvalue weighted by atomic mass is 35.5. The first-order valence-electron chi connectivity index (χ1n) is 16.8. The molecule has 0 spiro atoms. The van der Waals surface area contributed by atoms with Gasteiger partial charge >= 0.3 is 0 Å². The fourth-order valence-electron chi connectivity index (χ4n) is 8.99. The number of benzene rings is 4. The Morgan fingerprint density at radius 1 is 0.827 bits per heavy atom. The molecule has 0 radical (unpaired) electrons. The Kier molecular flexibility index (Phi) is 8.27. The number of phenolic OH excluding ortho intramolecular Hbond substituents is 1. The summed E-state index contributed by atoms with van der Waals surface area (Å²) in [5, 5.41) is 13.2. The number of allylic oxidation sites excluding steroid dienone is 2. The smallest absolute Gasteiger partial charge is 0.260 e. The van der Waals surface area contributed by atoms with Crippen molar-refractivity contribution in [1.29, 1.82) is 0 Å². The number of nitrogens with one attached hydrogen (secondary N) is 1. The summed E-state index contributed by atoms with van der Waals surface area (Å²) in [5.41, 5.74) is 3.54. The minimum absolute atomic E-state index is 0.0736. The van der Waals surface area contributed by atoms with E-state index in [1.807, 2.05) is 12.1 Å². The Labute approximate surface area is 309 Å². The number of halogens is 2. The fraction of sp³-hybridized carbons (Fsp3) is 0.250. The van der Waals surface area contributed by atoms with E-state index in [0.29, 0.717) is 38.9 Å². The summed E-state index contributed by atoms with van der Waals surface area (Å²) >= 11 is 12.7. The van der Waals surface area contributed by atoms with Crippen molar-refractivity contribution < 1.29 is 33.8 Å². The third-order valence-corrected chi connectivity index (χ3v) is 11.7. The van der Waals surface area contributed by atoms with Gasteiger partial charge < -0.3 is 14.6 Å². The molecule has 6 atom stereocenters. The molecule has 2 aliphatic heterocycles. The summed E-state index contributed by atoms with van der Waals surface area (Å²) in [7, 11) is 3.00. The standard InChI is InChI=1S/C40H33Cl2N3O7/c1-51-24-14-11-21(12-15-24)40-28(37(48)45(39(40)50)43-30-18-13-22(41)19-29(30)42)20-27-25(35(40)34-31(46)9-6-10-32(34)52-2)16-17-26-33(27)38(49)44(36(26)47)23-7-4-3-5-8-23/h3-16,18-19,26-28,33,35,43,46H,17,20H2,1-2H3/t26-,27+,28-,33-,35+,40+/m0/s1. The van der Waals surface area contributed by atoms with Crippen molar-refractivity contribution in [3.05, 3.63) is 124 Å². The molecule has 1 saturated carbocycles. The molecule has 0 aromatic heterocycles. The molecule has 12 heteroatoms. The van der Waals surface area contributed by atoms with Gasteiger partial charge in [0.15, 0.2) is 0 Å². The molecular weight excluding hydrogens is 705 g/mol. The van der Waals surface area contributed by atoms with Crippen LogP contribution in [0.1, 0.15) is 29.9 Å². The highest BCUT2D eigenvalue weighted by Crippen LogP contribution is 2.66. The van der Waals surface area contributed by atoms with Crippen LogP contribution in [-0.4, -0.2) is 48.0 Å². The lowest BCUT2D eigenvalue weighted by atomic mass is 9.49. The summed E-state index contributed by atoms with van der Waals surface area (Å²) in [6.45, 7) is 0. The molecule has 10 nitrogen and oxygen atoms in total. The predicted molar refractivity (Wildman–Crippen MR) is 194 cm³/mol. The molecule has 4 amide bonds. The van der Waals surface area contributed by atoms with Gasteiger partial charge in [0.05, 0.1) is 53.8 Å². The maximum Gasteiger partial charge on any atom is 0.260 e. The molecule has 2 aliphatic carbocycles. The van der Waals surface area contributed by atoms with Crippen LogP contribution < -0.4 is 19.8 Å². The molecule has 4 aromatic rings. The van der Waals surface area contributed by atoms with Crippen LogP contribution in [0.4, 0.5) is 11.4 Å². The quantitative estimate of drug-likeness (QED) is 0.155. The molecule has 264 valence electrons. The zero-order valence-corrected chi connectivity index (χ0v) is 29.6. The number of carbonyl (C=O) groups is 4. The van der Waals surface area contributed by atoms with Crippen molar-refractivity contribution >= 4 is 58.2 Å². The fourth-order valence-corrected chi connectivity index (χ4v) is 9.44. The van der Waals surface area contributed by atoms with E-state index in [-0.39, 0.29) is 41.1 Å². The number of hydrogen-bond acceptors (Lipinski definition) is 8. The van der Waals surface area contributed by atoms with Crippen molar-refractivity contribution in [3.63, 3.8) is 0 Å². The van der Waals surface area contributed by atoms with Crippen LogP contribution in [0, 0.1) is 23.7 Å². The number of hydrogen-bond donors (Lipinski definition) is 2. The number of anilines is 2. The number of phenols is 1. The first-order chi connectivity index (χ1) is 25.1. The van der Waals surface area contributed by atoms with E-state index in [4.69, 9.17) is 32.7 Å². The molecule has 0 bridgehead atoms. The Hall–Kier alpha value is -5.32. The van der Waals surface area contributed by atoms with Crippen LogP contribution in [0.2, 0.25) is 10.0 Å². The third kappa shape index (κ3) is 4.84. The van der Waals surface area contributed by atoms with Gasteiger partial charge in [0, 0.05) is 16.5 Å². The van der Waals surface area contributed by atoms with E-state index >= 15 is 4.79 Å². The van der Waals surface area contributed by atoms with Gasteiger partial charge in [-0.15, -0.1) is 0 Å². The van der Waals surface area contributed by atoms with E-state index in [0.717, 1.165) is 5.01 Å². The number of fused-ring (bicyclic) bond motifs is 4. The minimum atomic E-state index is -1.65. The highest BCUT2D eigenvalue weighted by Gasteiger charge is 2.71. The number of ether oxygens (including phenoxy) is 2. The zero-order chi connectivity index (χ0) is 36.5. The molecule has 0 unspecified atom stereocenters. The van der Waals surface area contributed by atoms with Gasteiger partial charge in [-0.2, -0.15) is 5.01 Å². The Morgan fingerprint density at radius 3 is 2.27 bits per heavy atom. The lowest BCUT2D eigenvalue weighted by Gasteiger charge is -2.50. The van der Waals surface area contributed by atoms with Crippen LogP contribution >= 0.6 is 23.2 Å². The molecule has 3 fully saturated rings. The highest BCUT2D eigenvalue weighted by molar-refractivity contribution is 6.36. The third-order valence-electron chi connectivity index (χ3n) is 11.1. The normalized spacial score (nSPS) is 26.5. The lowest BCUT2D eigenvalue weighted by molar-refractivity contribution is -0.138. The maximum atomic E-state index is 15.4. The summed E-state index contributed by atoms with van der Waals surface area (Å²) in [6, 6.07) is 25.2. The second kappa shape index (κ2) is 12.7. The number of carbonyl (C=O) groups excluding carboxylic acids is 4. The molecule has 8 rings (SSSR count). The number of amides is 4. The van der Waals surface area contributed by atoms with Crippen molar-refractivity contribution in [3.8, 4) is 17.2 Å². The van der Waals surface area contributed by atoms with Gasteiger partial charge in [0.2, 0.25) is 11.8 Å². The van der Waals surface area contributed by atoms with Gasteiger partial charge in [-0.1, -0.05) is 71.2 Å². The number of aromatic hydroxyl groups is 1. The summed E-state index contributed by atoms with van der Waals surface area (Å²) in [6.07, 6.45) is 2.22. The van der Waals surface area contributed by atoms with Crippen molar-refractivity contribution in [2.24, 2.45) is 23.7 Å². The van der Waals surface area contributed by atoms with Gasteiger partial charge in [-0.3, -0.25) is 29.5 Å². The van der Waals surface area contributed by atoms with E-state index < -0.39 is 46.8 Å². The first-order valence-corrected chi connectivity index (χ1v) is 17.6. The second-order valence-electron chi connectivity index (χ2n) is 13.5. The van der Waals surface area contributed by atoms with Crippen LogP contribution in [0.25, 0.3) is 0 Å². The van der Waals surface area contributed by atoms with Crippen LogP contribution in [-0.2, 0) is 24.6 Å². The predicted octanol–water partition coefficient (Wildman–Crippen LogP) is 6.91. The Balaban J connectivity index is 1.36. The van der Waals surface area contributed by atoms with E-state index in [1.165, 1.54) is 31.3 Å². The lowest BCUT2D eigenvalue weighted by Crippen LogP contribution is -2.53. The number of imide groups is 2. The zero-order valence-electron chi connectivity index (χ0n) is 28.1. The van der Waals surface area contributed by atoms with Crippen LogP contribution in [0.3, 0.4) is 0 Å². The van der Waals surface area contributed by atoms with Crippen LogP contribution in [0.15, 0.2) is 103 Å². The number of rotatable bonds is 7. The van der Waals surface area contributed by atoms with Crippen molar-refractivity contribution in [1.82, 2.24) is 5.01 Å². The molecular formula is C40H33Cl2N3O7. The van der Waals surface area contributed by atoms with E-state index in [2.05, 4.69) is 5.43 Å². The van der Waals surface area contributed by atoms with E-state index in [1.54, 1.807) is 72.8 Å². The summed E-state index contributed by atoms with van der Waals surface area (Å²) in [5.74, 6) is -5.30. The van der Waals surface area contributed by atoms with Crippen LogP contribution in [0.5, 0.6) is 17.2 Å². The number of methoxy groups -OCH3 is 2. The molecule has 2 saturated heterocycles. The molecule has 4 aromatic carbocycles. The second-order valence-corrected chi connectivity index (χ2v) is 14.3. The largest absolute Gasteiger partial charge is 0.508 e. The molecule has 52 heavy (non-hydrogen) atoms. The van der Waals surface area contributed by atoms with Gasteiger partial charge in [0.1, 0.15) is 17.2 Å². The average molecular weight is 739 g/mol.